The molecule has 102 valence electrons. The van der Waals surface area contributed by atoms with Crippen molar-refractivity contribution < 1.29 is 9.53 Å². The number of hydrogen-bond acceptors (Lipinski definition) is 2. The van der Waals surface area contributed by atoms with E-state index in [4.69, 9.17) is 4.74 Å². The molecular formula is C17H17NO2. The van der Waals surface area contributed by atoms with Crippen LogP contribution in [0.15, 0.2) is 54.6 Å². The van der Waals surface area contributed by atoms with Gasteiger partial charge in [0, 0.05) is 6.42 Å². The third-order valence-corrected chi connectivity index (χ3v) is 3.60. The van der Waals surface area contributed by atoms with Gasteiger partial charge in [0.25, 0.3) is 5.91 Å². The summed E-state index contributed by atoms with van der Waals surface area (Å²) in [6.45, 7) is 1.98. The first-order valence-electron chi connectivity index (χ1n) is 6.84. The molecule has 20 heavy (non-hydrogen) atoms. The van der Waals surface area contributed by atoms with Crippen molar-refractivity contribution in [1.29, 1.82) is 0 Å². The standard InChI is InChI=1S/C17H17NO2/c1-12(13-7-3-2-4-8-13)18-17(19)16-11-14-9-5-6-10-15(14)20-16/h2-10,12,16H,11H2,1H3,(H,18,19)/t12-,16-/m0/s1. The van der Waals surface area contributed by atoms with Crippen molar-refractivity contribution in [3.05, 3.63) is 65.7 Å². The molecule has 0 aromatic heterocycles. The number of carbonyl (C=O) groups excluding carboxylic acids is 1. The van der Waals surface area contributed by atoms with Crippen LogP contribution in [0.2, 0.25) is 0 Å². The lowest BCUT2D eigenvalue weighted by Crippen LogP contribution is -2.38. The smallest absolute Gasteiger partial charge is 0.261 e. The Morgan fingerprint density at radius 1 is 1.15 bits per heavy atom. The molecule has 0 fully saturated rings. The van der Waals surface area contributed by atoms with E-state index >= 15 is 0 Å². The molecule has 1 N–H and O–H groups in total. The van der Waals surface area contributed by atoms with Crippen molar-refractivity contribution in [3.63, 3.8) is 0 Å². The van der Waals surface area contributed by atoms with Gasteiger partial charge in [0.2, 0.25) is 0 Å². The van der Waals surface area contributed by atoms with Crippen LogP contribution in [-0.4, -0.2) is 12.0 Å². The molecule has 3 heteroatoms. The van der Waals surface area contributed by atoms with Crippen molar-refractivity contribution >= 4 is 5.91 Å². The van der Waals surface area contributed by atoms with E-state index in [9.17, 15) is 4.79 Å². The molecule has 1 heterocycles. The molecular weight excluding hydrogens is 250 g/mol. The average Bonchev–Trinajstić information content (AvgIpc) is 2.92. The molecule has 2 atom stereocenters. The van der Waals surface area contributed by atoms with Crippen molar-refractivity contribution in [2.45, 2.75) is 25.5 Å². The normalized spacial score (nSPS) is 17.9. The van der Waals surface area contributed by atoms with Crippen LogP contribution < -0.4 is 10.1 Å². The Morgan fingerprint density at radius 3 is 2.60 bits per heavy atom. The van der Waals surface area contributed by atoms with Gasteiger partial charge in [-0.3, -0.25) is 4.79 Å². The summed E-state index contributed by atoms with van der Waals surface area (Å²) in [5.41, 5.74) is 2.19. The topological polar surface area (TPSA) is 38.3 Å². The molecule has 0 saturated carbocycles. The minimum atomic E-state index is -0.418. The Morgan fingerprint density at radius 2 is 1.85 bits per heavy atom. The summed E-state index contributed by atoms with van der Waals surface area (Å²) >= 11 is 0. The zero-order valence-corrected chi connectivity index (χ0v) is 11.4. The van der Waals surface area contributed by atoms with Gasteiger partial charge < -0.3 is 10.1 Å². The van der Waals surface area contributed by atoms with Crippen LogP contribution in [0, 0.1) is 0 Å². The van der Waals surface area contributed by atoms with Crippen LogP contribution in [-0.2, 0) is 11.2 Å². The number of amides is 1. The number of para-hydroxylation sites is 1. The molecule has 0 aliphatic carbocycles. The summed E-state index contributed by atoms with van der Waals surface area (Å²) in [5, 5.41) is 3.01. The number of nitrogens with one attached hydrogen (secondary N) is 1. The number of fused-ring (bicyclic) bond motifs is 1. The van der Waals surface area contributed by atoms with E-state index in [-0.39, 0.29) is 11.9 Å². The predicted octanol–water partition coefficient (Wildman–Crippen LogP) is 2.87. The Labute approximate surface area is 118 Å². The Balaban J connectivity index is 1.64. The van der Waals surface area contributed by atoms with Crippen LogP contribution in [0.1, 0.15) is 24.1 Å². The third kappa shape index (κ3) is 2.52. The average molecular weight is 267 g/mol. The lowest BCUT2D eigenvalue weighted by molar-refractivity contribution is -0.127. The van der Waals surface area contributed by atoms with Gasteiger partial charge in [-0.1, -0.05) is 48.5 Å². The first-order chi connectivity index (χ1) is 9.74. The summed E-state index contributed by atoms with van der Waals surface area (Å²) in [6, 6.07) is 17.7. The maximum absolute atomic E-state index is 12.3. The second kappa shape index (κ2) is 5.37. The van der Waals surface area contributed by atoms with Crippen LogP contribution in [0.25, 0.3) is 0 Å². The SMILES string of the molecule is C[C@H](NC(=O)[C@@H]1Cc2ccccc2O1)c1ccccc1. The van der Waals surface area contributed by atoms with Gasteiger partial charge in [-0.25, -0.2) is 0 Å². The Bertz CT molecular complexity index is 584. The lowest BCUT2D eigenvalue weighted by atomic mass is 10.1. The Kier molecular flexibility index (Phi) is 3.42. The number of hydrogen-bond donors (Lipinski definition) is 1. The zero-order chi connectivity index (χ0) is 13.9. The van der Waals surface area contributed by atoms with Gasteiger partial charge in [0.05, 0.1) is 6.04 Å². The van der Waals surface area contributed by atoms with Crippen molar-refractivity contribution in [2.24, 2.45) is 0 Å². The molecule has 1 aliphatic rings. The molecule has 3 nitrogen and oxygen atoms in total. The fraction of sp³-hybridized carbons (Fsp3) is 0.235. The summed E-state index contributed by atoms with van der Waals surface area (Å²) in [4.78, 5) is 12.3. The van der Waals surface area contributed by atoms with E-state index in [1.807, 2.05) is 61.5 Å². The van der Waals surface area contributed by atoms with E-state index in [1.54, 1.807) is 0 Å². The van der Waals surface area contributed by atoms with Crippen LogP contribution in [0.4, 0.5) is 0 Å². The second-order valence-corrected chi connectivity index (χ2v) is 5.06. The minimum absolute atomic E-state index is 0.0176. The lowest BCUT2D eigenvalue weighted by Gasteiger charge is -2.17. The third-order valence-electron chi connectivity index (χ3n) is 3.60. The van der Waals surface area contributed by atoms with Crippen LogP contribution in [0.3, 0.4) is 0 Å². The molecule has 3 rings (SSSR count). The van der Waals surface area contributed by atoms with Gasteiger partial charge in [-0.05, 0) is 24.1 Å². The summed E-state index contributed by atoms with van der Waals surface area (Å²) in [6.07, 6.45) is 0.224. The summed E-state index contributed by atoms with van der Waals surface area (Å²) < 4.78 is 5.69. The highest BCUT2D eigenvalue weighted by molar-refractivity contribution is 5.82. The highest BCUT2D eigenvalue weighted by Gasteiger charge is 2.29. The van der Waals surface area contributed by atoms with Crippen molar-refractivity contribution in [3.8, 4) is 5.75 Å². The maximum Gasteiger partial charge on any atom is 0.261 e. The maximum atomic E-state index is 12.3. The summed E-state index contributed by atoms with van der Waals surface area (Å²) in [5.74, 6) is 0.762. The quantitative estimate of drug-likeness (QED) is 0.928. The van der Waals surface area contributed by atoms with Gasteiger partial charge >= 0.3 is 0 Å². The second-order valence-electron chi connectivity index (χ2n) is 5.06. The fourth-order valence-corrected chi connectivity index (χ4v) is 2.46. The largest absolute Gasteiger partial charge is 0.480 e. The number of benzene rings is 2. The van der Waals surface area contributed by atoms with Crippen molar-refractivity contribution in [1.82, 2.24) is 5.32 Å². The minimum Gasteiger partial charge on any atom is -0.480 e. The molecule has 2 aromatic rings. The first-order valence-corrected chi connectivity index (χ1v) is 6.84. The molecule has 0 radical (unpaired) electrons. The van der Waals surface area contributed by atoms with Gasteiger partial charge in [0.15, 0.2) is 6.10 Å². The molecule has 1 amide bonds. The fourth-order valence-electron chi connectivity index (χ4n) is 2.46. The van der Waals surface area contributed by atoms with Crippen LogP contribution in [0.5, 0.6) is 5.75 Å². The molecule has 0 spiro atoms. The predicted molar refractivity (Wildman–Crippen MR) is 77.6 cm³/mol. The van der Waals surface area contributed by atoms with Crippen molar-refractivity contribution in [2.75, 3.05) is 0 Å². The zero-order valence-electron chi connectivity index (χ0n) is 11.4. The van der Waals surface area contributed by atoms with E-state index < -0.39 is 6.10 Å². The molecule has 2 aromatic carbocycles. The number of rotatable bonds is 3. The monoisotopic (exact) mass is 267 g/mol. The Hall–Kier alpha value is -2.29. The molecule has 0 saturated heterocycles. The number of ether oxygens (including phenoxy) is 1. The first kappa shape index (κ1) is 12.7. The van der Waals surface area contributed by atoms with E-state index in [1.165, 1.54) is 0 Å². The van der Waals surface area contributed by atoms with E-state index in [0.717, 1.165) is 16.9 Å². The highest BCUT2D eigenvalue weighted by Crippen LogP contribution is 2.28. The van der Waals surface area contributed by atoms with Gasteiger partial charge in [0.1, 0.15) is 5.75 Å². The number of carbonyl (C=O) groups is 1. The molecule has 0 unspecified atom stereocenters. The highest BCUT2D eigenvalue weighted by atomic mass is 16.5. The summed E-state index contributed by atoms with van der Waals surface area (Å²) in [7, 11) is 0. The van der Waals surface area contributed by atoms with Gasteiger partial charge in [-0.15, -0.1) is 0 Å². The van der Waals surface area contributed by atoms with Crippen LogP contribution >= 0.6 is 0 Å². The molecule has 0 bridgehead atoms. The molecule has 1 aliphatic heterocycles. The van der Waals surface area contributed by atoms with E-state index in [2.05, 4.69) is 5.32 Å². The van der Waals surface area contributed by atoms with E-state index in [0.29, 0.717) is 6.42 Å². The van der Waals surface area contributed by atoms with Gasteiger partial charge in [-0.2, -0.15) is 0 Å².